The van der Waals surface area contributed by atoms with E-state index in [1.807, 2.05) is 30.1 Å². The van der Waals surface area contributed by atoms with Gasteiger partial charge in [-0.25, -0.2) is 9.97 Å². The molecule has 2 heterocycles. The lowest BCUT2D eigenvalue weighted by Gasteiger charge is -2.06. The molecule has 0 aliphatic heterocycles. The van der Waals surface area contributed by atoms with E-state index < -0.39 is 0 Å². The van der Waals surface area contributed by atoms with Crippen LogP contribution in [0.25, 0.3) is 10.2 Å². The summed E-state index contributed by atoms with van der Waals surface area (Å²) in [6.45, 7) is 2.21. The number of hydrogen-bond acceptors (Lipinski definition) is 5. The molecule has 2 aromatic rings. The lowest BCUT2D eigenvalue weighted by molar-refractivity contribution is 0.916. The molecule has 19 heavy (non-hydrogen) atoms. The van der Waals surface area contributed by atoms with Gasteiger partial charge in [-0.1, -0.05) is 6.92 Å². The first-order valence-electron chi connectivity index (χ1n) is 6.90. The minimum Gasteiger partial charge on any atom is -0.372 e. The molecule has 5 heteroatoms. The third-order valence-corrected chi connectivity index (χ3v) is 5.77. The summed E-state index contributed by atoms with van der Waals surface area (Å²) in [5.74, 6) is 4.09. The minimum atomic E-state index is 0.918. The van der Waals surface area contributed by atoms with E-state index in [4.69, 9.17) is 9.97 Å². The summed E-state index contributed by atoms with van der Waals surface area (Å²) in [5, 5.41) is 4.54. The third-order valence-electron chi connectivity index (χ3n) is 3.43. The number of nitrogens with one attached hydrogen (secondary N) is 1. The summed E-state index contributed by atoms with van der Waals surface area (Å²) in [7, 11) is 1.96. The van der Waals surface area contributed by atoms with Crippen LogP contribution >= 0.6 is 23.1 Å². The second-order valence-electron chi connectivity index (χ2n) is 4.83. The number of thioether (sulfide) groups is 1. The maximum atomic E-state index is 4.77. The molecule has 0 radical (unpaired) electrons. The summed E-state index contributed by atoms with van der Waals surface area (Å²) < 4.78 is 0. The van der Waals surface area contributed by atoms with Crippen LogP contribution in [0.4, 0.5) is 5.82 Å². The fourth-order valence-corrected chi connectivity index (χ4v) is 4.62. The van der Waals surface area contributed by atoms with Gasteiger partial charge in [0.2, 0.25) is 0 Å². The van der Waals surface area contributed by atoms with Gasteiger partial charge in [-0.05, 0) is 37.0 Å². The predicted octanol–water partition coefficient (Wildman–Crippen LogP) is 3.86. The zero-order valence-electron chi connectivity index (χ0n) is 11.5. The number of rotatable bonds is 5. The molecule has 0 amide bonds. The number of fused-ring (bicyclic) bond motifs is 3. The summed E-state index contributed by atoms with van der Waals surface area (Å²) in [5.41, 5.74) is 1.50. The Labute approximate surface area is 122 Å². The molecule has 1 aliphatic rings. The highest BCUT2D eigenvalue weighted by Crippen LogP contribution is 2.39. The number of hydrogen-bond donors (Lipinski definition) is 1. The average Bonchev–Trinajstić information content (AvgIpc) is 2.98. The predicted molar refractivity (Wildman–Crippen MR) is 85.4 cm³/mol. The maximum Gasteiger partial charge on any atom is 0.142 e. The molecule has 2 aromatic heterocycles. The quantitative estimate of drug-likeness (QED) is 0.849. The number of aromatic nitrogens is 2. The first-order valence-corrected chi connectivity index (χ1v) is 8.87. The number of nitrogens with zero attached hydrogens (tertiary/aromatic N) is 2. The summed E-state index contributed by atoms with van der Waals surface area (Å²) in [6.07, 6.45) is 4.91. The molecule has 102 valence electrons. The Morgan fingerprint density at radius 1 is 1.32 bits per heavy atom. The zero-order valence-corrected chi connectivity index (χ0v) is 13.1. The van der Waals surface area contributed by atoms with Gasteiger partial charge in [-0.2, -0.15) is 11.8 Å². The van der Waals surface area contributed by atoms with Crippen LogP contribution < -0.4 is 5.32 Å². The van der Waals surface area contributed by atoms with Crippen molar-refractivity contribution < 1.29 is 0 Å². The van der Waals surface area contributed by atoms with Crippen molar-refractivity contribution in [1.82, 2.24) is 9.97 Å². The summed E-state index contributed by atoms with van der Waals surface area (Å²) >= 11 is 3.79. The minimum absolute atomic E-state index is 0.918. The van der Waals surface area contributed by atoms with Crippen LogP contribution in [0.1, 0.15) is 36.0 Å². The molecule has 0 unspecified atom stereocenters. The van der Waals surface area contributed by atoms with Crippen LogP contribution in [-0.4, -0.2) is 22.8 Å². The second-order valence-corrected chi connectivity index (χ2v) is 7.02. The van der Waals surface area contributed by atoms with E-state index in [1.54, 1.807) is 0 Å². The maximum absolute atomic E-state index is 4.77. The van der Waals surface area contributed by atoms with Crippen molar-refractivity contribution in [2.24, 2.45) is 0 Å². The molecule has 0 bridgehead atoms. The molecule has 0 fully saturated rings. The molecule has 3 nitrogen and oxygen atoms in total. The van der Waals surface area contributed by atoms with Gasteiger partial charge in [0.05, 0.1) is 11.1 Å². The van der Waals surface area contributed by atoms with Gasteiger partial charge in [-0.15, -0.1) is 11.3 Å². The first kappa shape index (κ1) is 13.2. The Morgan fingerprint density at radius 3 is 3.00 bits per heavy atom. The van der Waals surface area contributed by atoms with Crippen molar-refractivity contribution in [3.63, 3.8) is 0 Å². The van der Waals surface area contributed by atoms with Crippen molar-refractivity contribution in [3.8, 4) is 0 Å². The molecular weight excluding hydrogens is 274 g/mol. The van der Waals surface area contributed by atoms with E-state index in [-0.39, 0.29) is 0 Å². The number of anilines is 1. The van der Waals surface area contributed by atoms with Crippen molar-refractivity contribution >= 4 is 39.1 Å². The van der Waals surface area contributed by atoms with Crippen LogP contribution in [0.15, 0.2) is 0 Å². The highest BCUT2D eigenvalue weighted by molar-refractivity contribution is 7.98. The monoisotopic (exact) mass is 293 g/mol. The van der Waals surface area contributed by atoms with E-state index in [2.05, 4.69) is 12.2 Å². The van der Waals surface area contributed by atoms with Crippen LogP contribution in [0, 0.1) is 0 Å². The van der Waals surface area contributed by atoms with E-state index in [9.17, 15) is 0 Å². The second kappa shape index (κ2) is 5.67. The summed E-state index contributed by atoms with van der Waals surface area (Å²) in [4.78, 5) is 12.2. The van der Waals surface area contributed by atoms with Crippen molar-refractivity contribution in [2.45, 2.75) is 38.4 Å². The van der Waals surface area contributed by atoms with Crippen molar-refractivity contribution in [1.29, 1.82) is 0 Å². The van der Waals surface area contributed by atoms with Gasteiger partial charge in [0, 0.05) is 11.9 Å². The van der Waals surface area contributed by atoms with Crippen LogP contribution in [-0.2, 0) is 18.6 Å². The van der Waals surface area contributed by atoms with Crippen LogP contribution in [0.3, 0.4) is 0 Å². The Morgan fingerprint density at radius 2 is 2.21 bits per heavy atom. The van der Waals surface area contributed by atoms with Gasteiger partial charge >= 0.3 is 0 Å². The van der Waals surface area contributed by atoms with E-state index in [0.717, 1.165) is 17.4 Å². The standard InChI is InChI=1S/C14H19N3S2/c1-3-7-18-8-11-16-13(15-2)12-9-5-4-6-10(9)19-14(12)17-11/h3-8H2,1-2H3,(H,15,16,17). The van der Waals surface area contributed by atoms with E-state index >= 15 is 0 Å². The molecular formula is C14H19N3S2. The molecule has 0 saturated carbocycles. The fraction of sp³-hybridized carbons (Fsp3) is 0.571. The largest absolute Gasteiger partial charge is 0.372 e. The molecule has 0 saturated heterocycles. The molecule has 0 spiro atoms. The van der Waals surface area contributed by atoms with Gasteiger partial charge in [0.25, 0.3) is 0 Å². The van der Waals surface area contributed by atoms with E-state index in [0.29, 0.717) is 0 Å². The number of thiophene rings is 1. The van der Waals surface area contributed by atoms with E-state index in [1.165, 1.54) is 52.1 Å². The van der Waals surface area contributed by atoms with Gasteiger partial charge in [0.1, 0.15) is 16.5 Å². The summed E-state index contributed by atoms with van der Waals surface area (Å²) in [6, 6.07) is 0. The highest BCUT2D eigenvalue weighted by atomic mass is 32.2. The molecule has 3 rings (SSSR count). The highest BCUT2D eigenvalue weighted by Gasteiger charge is 2.21. The third kappa shape index (κ3) is 2.46. The fourth-order valence-electron chi connectivity index (χ4n) is 2.59. The Bertz CT molecular complexity index is 592. The van der Waals surface area contributed by atoms with Crippen LogP contribution in [0.5, 0.6) is 0 Å². The van der Waals surface area contributed by atoms with Crippen LogP contribution in [0.2, 0.25) is 0 Å². The topological polar surface area (TPSA) is 37.8 Å². The molecule has 0 atom stereocenters. The molecule has 1 N–H and O–H groups in total. The lowest BCUT2D eigenvalue weighted by atomic mass is 10.2. The average molecular weight is 293 g/mol. The molecule has 0 aromatic carbocycles. The Hall–Kier alpha value is -0.810. The Balaban J connectivity index is 1.99. The van der Waals surface area contributed by atoms with Crippen molar-refractivity contribution in [3.05, 3.63) is 16.3 Å². The SMILES string of the molecule is CCCSCc1nc(NC)c2c3c(sc2n1)CCC3. The van der Waals surface area contributed by atoms with Gasteiger partial charge in [-0.3, -0.25) is 0 Å². The first-order chi connectivity index (χ1) is 9.33. The number of aryl methyl sites for hydroxylation is 2. The molecule has 1 aliphatic carbocycles. The smallest absolute Gasteiger partial charge is 0.142 e. The van der Waals surface area contributed by atoms with Gasteiger partial charge < -0.3 is 5.32 Å². The zero-order chi connectivity index (χ0) is 13.2. The van der Waals surface area contributed by atoms with Gasteiger partial charge in [0.15, 0.2) is 0 Å². The lowest BCUT2D eigenvalue weighted by Crippen LogP contribution is -2.00. The Kier molecular flexibility index (Phi) is 3.93. The normalized spacial score (nSPS) is 14.0. The van der Waals surface area contributed by atoms with Crippen molar-refractivity contribution in [2.75, 3.05) is 18.1 Å².